The van der Waals surface area contributed by atoms with Gasteiger partial charge in [0.2, 0.25) is 0 Å². The maximum Gasteiger partial charge on any atom is 0.0431 e. The highest BCUT2D eigenvalue weighted by atomic mass is 16.2. The number of rotatable bonds is 7. The molecule has 1 heterocycles. The van der Waals surface area contributed by atoms with Crippen molar-refractivity contribution >= 4 is 0 Å². The Hall–Kier alpha value is -0.120. The molecule has 1 aliphatic heterocycles. The van der Waals surface area contributed by atoms with Gasteiger partial charge in [0.15, 0.2) is 0 Å². The van der Waals surface area contributed by atoms with E-state index in [2.05, 4.69) is 30.7 Å². The number of unbranched alkanes of at least 4 members (excludes halogenated alkanes) is 2. The number of aliphatic hydroxyl groups is 1. The van der Waals surface area contributed by atoms with E-state index in [1.54, 1.807) is 0 Å². The fourth-order valence-electron chi connectivity index (χ4n) is 2.98. The second-order valence-electron chi connectivity index (χ2n) is 5.49. The van der Waals surface area contributed by atoms with Crippen LogP contribution in [0.2, 0.25) is 0 Å². The summed E-state index contributed by atoms with van der Waals surface area (Å²) in [5.74, 6) is 0.784. The molecule has 1 aliphatic rings. The lowest BCUT2D eigenvalue weighted by molar-refractivity contribution is 0.0816. The number of piperidine rings is 1. The SMILES string of the molecule is CCN1CCC(N(C)CCCCCO)C(C)C1. The molecule has 3 nitrogen and oxygen atoms in total. The highest BCUT2D eigenvalue weighted by molar-refractivity contribution is 4.83. The lowest BCUT2D eigenvalue weighted by atomic mass is 9.92. The number of hydrogen-bond acceptors (Lipinski definition) is 3. The summed E-state index contributed by atoms with van der Waals surface area (Å²) in [6.45, 7) is 9.87. The average Bonchev–Trinajstić information content (AvgIpc) is 2.34. The van der Waals surface area contributed by atoms with Crippen molar-refractivity contribution in [2.45, 2.75) is 45.6 Å². The quantitative estimate of drug-likeness (QED) is 0.690. The molecular weight excluding hydrogens is 212 g/mol. The minimum atomic E-state index is 0.342. The number of hydrogen-bond donors (Lipinski definition) is 1. The van der Waals surface area contributed by atoms with Crippen molar-refractivity contribution in [3.05, 3.63) is 0 Å². The monoisotopic (exact) mass is 242 g/mol. The third kappa shape index (κ3) is 4.94. The molecule has 1 N–H and O–H groups in total. The third-order valence-corrected chi connectivity index (χ3v) is 4.13. The summed E-state index contributed by atoms with van der Waals surface area (Å²) in [7, 11) is 2.27. The first-order valence-electron chi connectivity index (χ1n) is 7.22. The number of nitrogens with zero attached hydrogens (tertiary/aromatic N) is 2. The minimum absolute atomic E-state index is 0.342. The van der Waals surface area contributed by atoms with Gasteiger partial charge in [-0.15, -0.1) is 0 Å². The molecule has 0 aromatic rings. The molecule has 0 amide bonds. The molecule has 2 atom stereocenters. The van der Waals surface area contributed by atoms with Crippen LogP contribution in [0.1, 0.15) is 39.5 Å². The summed E-state index contributed by atoms with van der Waals surface area (Å²) in [6, 6.07) is 0.756. The summed E-state index contributed by atoms with van der Waals surface area (Å²) >= 11 is 0. The summed E-state index contributed by atoms with van der Waals surface area (Å²) in [5, 5.41) is 8.76. The van der Waals surface area contributed by atoms with Crippen LogP contribution in [0.4, 0.5) is 0 Å². The molecule has 17 heavy (non-hydrogen) atoms. The van der Waals surface area contributed by atoms with E-state index >= 15 is 0 Å². The standard InChI is InChI=1S/C14H30N2O/c1-4-16-10-8-14(13(2)12-16)15(3)9-6-5-7-11-17/h13-14,17H,4-12H2,1-3H3. The molecule has 0 radical (unpaired) electrons. The van der Waals surface area contributed by atoms with Crippen LogP contribution in [-0.4, -0.2) is 60.8 Å². The number of aliphatic hydroxyl groups excluding tert-OH is 1. The second kappa shape index (κ2) is 8.06. The highest BCUT2D eigenvalue weighted by Crippen LogP contribution is 2.21. The Labute approximate surface area is 107 Å². The maximum absolute atomic E-state index is 8.76. The van der Waals surface area contributed by atoms with Crippen LogP contribution in [0.3, 0.4) is 0 Å². The molecule has 102 valence electrons. The van der Waals surface area contributed by atoms with E-state index in [9.17, 15) is 0 Å². The second-order valence-corrected chi connectivity index (χ2v) is 5.49. The van der Waals surface area contributed by atoms with Crippen molar-refractivity contribution in [1.82, 2.24) is 9.80 Å². The van der Waals surface area contributed by atoms with Gasteiger partial charge in [-0.25, -0.2) is 0 Å². The van der Waals surface area contributed by atoms with Crippen LogP contribution < -0.4 is 0 Å². The van der Waals surface area contributed by atoms with Crippen LogP contribution >= 0.6 is 0 Å². The van der Waals surface area contributed by atoms with Gasteiger partial charge in [-0.2, -0.15) is 0 Å². The summed E-state index contributed by atoms with van der Waals surface area (Å²) in [5.41, 5.74) is 0. The first kappa shape index (κ1) is 14.9. The average molecular weight is 242 g/mol. The Morgan fingerprint density at radius 1 is 1.29 bits per heavy atom. The van der Waals surface area contributed by atoms with Crippen LogP contribution in [0.15, 0.2) is 0 Å². The maximum atomic E-state index is 8.76. The molecule has 0 spiro atoms. The van der Waals surface area contributed by atoms with E-state index in [0.29, 0.717) is 6.61 Å². The largest absolute Gasteiger partial charge is 0.396 e. The Balaban J connectivity index is 2.24. The van der Waals surface area contributed by atoms with E-state index in [-0.39, 0.29) is 0 Å². The fourth-order valence-corrected chi connectivity index (χ4v) is 2.98. The molecule has 1 saturated heterocycles. The van der Waals surface area contributed by atoms with Crippen molar-refractivity contribution in [3.8, 4) is 0 Å². The van der Waals surface area contributed by atoms with Gasteiger partial charge in [0.05, 0.1) is 0 Å². The normalized spacial score (nSPS) is 26.6. The zero-order chi connectivity index (χ0) is 12.7. The Bertz CT molecular complexity index is 199. The zero-order valence-electron chi connectivity index (χ0n) is 11.9. The third-order valence-electron chi connectivity index (χ3n) is 4.13. The molecule has 0 aromatic heterocycles. The van der Waals surface area contributed by atoms with Crippen LogP contribution in [0.5, 0.6) is 0 Å². The Morgan fingerprint density at radius 3 is 2.65 bits per heavy atom. The molecule has 3 heteroatoms. The van der Waals surface area contributed by atoms with Crippen molar-refractivity contribution in [1.29, 1.82) is 0 Å². The topological polar surface area (TPSA) is 26.7 Å². The van der Waals surface area contributed by atoms with Crippen molar-refractivity contribution in [2.24, 2.45) is 5.92 Å². The smallest absolute Gasteiger partial charge is 0.0431 e. The van der Waals surface area contributed by atoms with E-state index < -0.39 is 0 Å². The van der Waals surface area contributed by atoms with E-state index in [1.165, 1.54) is 39.0 Å². The minimum Gasteiger partial charge on any atom is -0.396 e. The molecular formula is C14H30N2O. The van der Waals surface area contributed by atoms with Crippen molar-refractivity contribution < 1.29 is 5.11 Å². The van der Waals surface area contributed by atoms with Gasteiger partial charge in [-0.05, 0) is 58.3 Å². The van der Waals surface area contributed by atoms with Gasteiger partial charge < -0.3 is 14.9 Å². The van der Waals surface area contributed by atoms with Gasteiger partial charge in [0.25, 0.3) is 0 Å². The fraction of sp³-hybridized carbons (Fsp3) is 1.00. The first-order chi connectivity index (χ1) is 8.19. The van der Waals surface area contributed by atoms with Crippen molar-refractivity contribution in [3.63, 3.8) is 0 Å². The van der Waals surface area contributed by atoms with Gasteiger partial charge >= 0.3 is 0 Å². The molecule has 0 aliphatic carbocycles. The molecule has 0 saturated carbocycles. The van der Waals surface area contributed by atoms with Gasteiger partial charge in [0.1, 0.15) is 0 Å². The first-order valence-corrected chi connectivity index (χ1v) is 7.22. The van der Waals surface area contributed by atoms with Gasteiger partial charge in [0, 0.05) is 19.2 Å². The molecule has 0 bridgehead atoms. The zero-order valence-corrected chi connectivity index (χ0v) is 11.9. The number of likely N-dealkylation sites (tertiary alicyclic amines) is 1. The van der Waals surface area contributed by atoms with E-state index in [4.69, 9.17) is 5.11 Å². The Kier molecular flexibility index (Phi) is 7.09. The summed E-state index contributed by atoms with van der Waals surface area (Å²) in [4.78, 5) is 5.09. The van der Waals surface area contributed by atoms with Gasteiger partial charge in [-0.3, -0.25) is 0 Å². The van der Waals surface area contributed by atoms with Crippen LogP contribution in [-0.2, 0) is 0 Å². The summed E-state index contributed by atoms with van der Waals surface area (Å²) in [6.07, 6.45) is 4.64. The highest BCUT2D eigenvalue weighted by Gasteiger charge is 2.27. The lowest BCUT2D eigenvalue weighted by Crippen LogP contribution is -2.49. The van der Waals surface area contributed by atoms with Gasteiger partial charge in [-0.1, -0.05) is 13.8 Å². The lowest BCUT2D eigenvalue weighted by Gasteiger charge is -2.41. The molecule has 0 aromatic carbocycles. The van der Waals surface area contributed by atoms with E-state index in [0.717, 1.165) is 24.8 Å². The predicted octanol–water partition coefficient (Wildman–Crippen LogP) is 1.81. The van der Waals surface area contributed by atoms with E-state index in [1.807, 2.05) is 0 Å². The Morgan fingerprint density at radius 2 is 2.06 bits per heavy atom. The predicted molar refractivity (Wildman–Crippen MR) is 73.2 cm³/mol. The van der Waals surface area contributed by atoms with Crippen LogP contribution in [0.25, 0.3) is 0 Å². The van der Waals surface area contributed by atoms with Crippen molar-refractivity contribution in [2.75, 3.05) is 39.8 Å². The van der Waals surface area contributed by atoms with Crippen LogP contribution in [0, 0.1) is 5.92 Å². The molecule has 1 fully saturated rings. The molecule has 1 rings (SSSR count). The molecule has 2 unspecified atom stereocenters. The summed E-state index contributed by atoms with van der Waals surface area (Å²) < 4.78 is 0.